The Labute approximate surface area is 215 Å². The molecule has 1 fully saturated rings. The third kappa shape index (κ3) is 4.93. The third-order valence-electron chi connectivity index (χ3n) is 6.41. The number of carbonyl (C=O) groups is 2. The molecule has 0 radical (unpaired) electrons. The average molecular weight is 512 g/mol. The van der Waals surface area contributed by atoms with Crippen LogP contribution >= 0.6 is 7.14 Å². The first-order chi connectivity index (χ1) is 18.0. The van der Waals surface area contributed by atoms with Crippen molar-refractivity contribution >= 4 is 35.3 Å². The summed E-state index contributed by atoms with van der Waals surface area (Å²) in [7, 11) is -3.37. The van der Waals surface area contributed by atoms with Crippen molar-refractivity contribution in [3.8, 4) is 11.5 Å². The molecule has 0 heterocycles. The Kier molecular flexibility index (Phi) is 6.93. The molecule has 0 unspecified atom stereocenters. The molecule has 0 aliphatic heterocycles. The van der Waals surface area contributed by atoms with E-state index in [4.69, 9.17) is 9.47 Å². The van der Waals surface area contributed by atoms with Gasteiger partial charge in [-0.3, -0.25) is 9.59 Å². The van der Waals surface area contributed by atoms with E-state index in [-0.39, 0.29) is 0 Å². The monoisotopic (exact) mass is 511 g/mol. The molecule has 186 valence electrons. The van der Waals surface area contributed by atoms with E-state index in [0.29, 0.717) is 40.6 Å². The molecule has 5 rings (SSSR count). The minimum absolute atomic E-state index is 0.433. The maximum Gasteiger partial charge on any atom is 0.320 e. The summed E-state index contributed by atoms with van der Waals surface area (Å²) in [6.07, 6.45) is 0.866. The summed E-state index contributed by atoms with van der Waals surface area (Å²) in [4.78, 5) is 26.1. The zero-order chi connectivity index (χ0) is 25.7. The molecule has 0 bridgehead atoms. The smallest absolute Gasteiger partial charge is 0.320 e. The predicted molar refractivity (Wildman–Crippen MR) is 144 cm³/mol. The number of nitrogens with one attached hydrogen (secondary N) is 1. The number of anilines is 1. The van der Waals surface area contributed by atoms with Crippen LogP contribution in [0.3, 0.4) is 0 Å². The Morgan fingerprint density at radius 1 is 0.730 bits per heavy atom. The molecule has 4 aromatic carbocycles. The van der Waals surface area contributed by atoms with Gasteiger partial charge in [-0.1, -0.05) is 91.0 Å². The van der Waals surface area contributed by atoms with Gasteiger partial charge in [0.25, 0.3) is 5.91 Å². The molecule has 1 amide bonds. The molecule has 4 aromatic rings. The van der Waals surface area contributed by atoms with Crippen LogP contribution in [0, 0.1) is 0 Å². The zero-order valence-corrected chi connectivity index (χ0v) is 21.0. The second-order valence-corrected chi connectivity index (χ2v) is 12.0. The van der Waals surface area contributed by atoms with E-state index in [1.54, 1.807) is 48.5 Å². The van der Waals surface area contributed by atoms with Gasteiger partial charge in [0.15, 0.2) is 19.5 Å². The van der Waals surface area contributed by atoms with E-state index >= 15 is 0 Å². The van der Waals surface area contributed by atoms with Crippen LogP contribution in [0.5, 0.6) is 11.5 Å². The van der Waals surface area contributed by atoms with Gasteiger partial charge in [-0.05, 0) is 37.1 Å². The summed E-state index contributed by atoms with van der Waals surface area (Å²) in [5.74, 6) is -0.0383. The Morgan fingerprint density at radius 2 is 1.24 bits per heavy atom. The molecular formula is C30H26NO5P. The van der Waals surface area contributed by atoms with Gasteiger partial charge in [0.1, 0.15) is 10.9 Å². The van der Waals surface area contributed by atoms with Gasteiger partial charge in [0, 0.05) is 10.6 Å². The van der Waals surface area contributed by atoms with Gasteiger partial charge >= 0.3 is 5.97 Å². The van der Waals surface area contributed by atoms with E-state index in [0.717, 1.165) is 0 Å². The van der Waals surface area contributed by atoms with Crippen molar-refractivity contribution in [2.45, 2.75) is 18.0 Å². The number of hydrogen-bond acceptors (Lipinski definition) is 5. The van der Waals surface area contributed by atoms with Crippen LogP contribution in [0.15, 0.2) is 115 Å². The Bertz CT molecular complexity index is 1390. The topological polar surface area (TPSA) is 81.7 Å². The Balaban J connectivity index is 1.31. The quantitative estimate of drug-likeness (QED) is 0.237. The fraction of sp³-hybridized carbons (Fsp3) is 0.133. The summed E-state index contributed by atoms with van der Waals surface area (Å²) < 4.78 is 26.0. The van der Waals surface area contributed by atoms with Crippen molar-refractivity contribution in [2.75, 3.05) is 11.9 Å². The minimum atomic E-state index is -3.37. The Morgan fingerprint density at radius 3 is 1.81 bits per heavy atom. The van der Waals surface area contributed by atoms with Gasteiger partial charge in [-0.2, -0.15) is 0 Å². The highest BCUT2D eigenvalue weighted by molar-refractivity contribution is 7.81. The molecule has 7 heteroatoms. The number of benzene rings is 4. The number of ether oxygens (including phenoxy) is 2. The normalized spacial score (nSPS) is 13.8. The summed E-state index contributed by atoms with van der Waals surface area (Å²) >= 11 is 0. The lowest BCUT2D eigenvalue weighted by Gasteiger charge is -2.27. The third-order valence-corrected chi connectivity index (χ3v) is 10.3. The summed E-state index contributed by atoms with van der Waals surface area (Å²) in [6, 6.07) is 34.3. The minimum Gasteiger partial charge on any atom is -0.455 e. The van der Waals surface area contributed by atoms with E-state index in [9.17, 15) is 14.2 Å². The number of amides is 1. The number of hydrogen-bond donors (Lipinski definition) is 1. The molecule has 1 aliphatic carbocycles. The summed E-state index contributed by atoms with van der Waals surface area (Å²) in [6.45, 7) is -0.496. The zero-order valence-electron chi connectivity index (χ0n) is 20.1. The molecule has 0 aromatic heterocycles. The van der Waals surface area contributed by atoms with Gasteiger partial charge in [-0.25, -0.2) is 0 Å². The van der Waals surface area contributed by atoms with Gasteiger partial charge in [0.2, 0.25) is 0 Å². The lowest BCUT2D eigenvalue weighted by molar-refractivity contribution is -0.147. The molecule has 0 spiro atoms. The molecule has 6 nitrogen and oxygen atoms in total. The summed E-state index contributed by atoms with van der Waals surface area (Å²) in [5, 5.41) is 2.78. The van der Waals surface area contributed by atoms with Gasteiger partial charge < -0.3 is 19.4 Å². The molecule has 37 heavy (non-hydrogen) atoms. The van der Waals surface area contributed by atoms with E-state index < -0.39 is 30.8 Å². The van der Waals surface area contributed by atoms with Crippen LogP contribution in [-0.4, -0.2) is 23.6 Å². The van der Waals surface area contributed by atoms with Crippen LogP contribution in [0.4, 0.5) is 5.69 Å². The number of para-hydroxylation sites is 3. The van der Waals surface area contributed by atoms with Crippen molar-refractivity contribution in [1.82, 2.24) is 0 Å². The lowest BCUT2D eigenvalue weighted by Crippen LogP contribution is -2.36. The van der Waals surface area contributed by atoms with Crippen molar-refractivity contribution < 1.29 is 23.6 Å². The molecule has 0 atom stereocenters. The van der Waals surface area contributed by atoms with Crippen molar-refractivity contribution in [1.29, 1.82) is 0 Å². The number of esters is 1. The molecular weight excluding hydrogens is 485 g/mol. The van der Waals surface area contributed by atoms with Crippen molar-refractivity contribution in [3.63, 3.8) is 0 Å². The number of rotatable bonds is 9. The first-order valence-electron chi connectivity index (χ1n) is 12.0. The standard InChI is InChI=1S/C30H26NO5P/c32-28(31-26-18-10-11-19-27(26)36-23-12-4-1-5-13-23)22-35-29(33)30(20-21-30)37(34,24-14-6-2-7-15-24)25-16-8-3-9-17-25/h1-19H,20-22H2,(H,31,32). The van der Waals surface area contributed by atoms with Crippen LogP contribution in [-0.2, 0) is 18.9 Å². The lowest BCUT2D eigenvalue weighted by atomic mass is 10.3. The number of carbonyl (C=O) groups excluding carboxylic acids is 2. The van der Waals surface area contributed by atoms with Gasteiger partial charge in [0.05, 0.1) is 5.69 Å². The molecule has 1 aliphatic rings. The van der Waals surface area contributed by atoms with E-state index in [2.05, 4.69) is 5.32 Å². The predicted octanol–water partition coefficient (Wildman–Crippen LogP) is 5.51. The van der Waals surface area contributed by atoms with Crippen LogP contribution < -0.4 is 20.7 Å². The molecule has 0 saturated heterocycles. The SMILES string of the molecule is O=C(COC(=O)C1(P(=O)(c2ccccc2)c2ccccc2)CC1)Nc1ccccc1Oc1ccccc1. The molecule has 1 N–H and O–H groups in total. The maximum atomic E-state index is 14.7. The molecule has 1 saturated carbocycles. The Hall–Kier alpha value is -4.15. The second-order valence-electron chi connectivity index (χ2n) is 8.85. The maximum absolute atomic E-state index is 14.7. The fourth-order valence-corrected chi connectivity index (χ4v) is 7.95. The van der Waals surface area contributed by atoms with E-state index in [1.165, 1.54) is 0 Å². The highest BCUT2D eigenvalue weighted by Gasteiger charge is 2.65. The second kappa shape index (κ2) is 10.5. The largest absolute Gasteiger partial charge is 0.455 e. The van der Waals surface area contributed by atoms with Crippen LogP contribution in [0.1, 0.15) is 12.8 Å². The summed E-state index contributed by atoms with van der Waals surface area (Å²) in [5.41, 5.74) is 0.452. The average Bonchev–Trinajstić information content (AvgIpc) is 3.77. The van der Waals surface area contributed by atoms with Gasteiger partial charge in [-0.15, -0.1) is 0 Å². The van der Waals surface area contributed by atoms with Crippen molar-refractivity contribution in [3.05, 3.63) is 115 Å². The van der Waals surface area contributed by atoms with E-state index in [1.807, 2.05) is 66.7 Å². The van der Waals surface area contributed by atoms with Crippen LogP contribution in [0.2, 0.25) is 0 Å². The first kappa shape index (κ1) is 24.5. The highest BCUT2D eigenvalue weighted by atomic mass is 31.2. The highest BCUT2D eigenvalue weighted by Crippen LogP contribution is 2.68. The van der Waals surface area contributed by atoms with Crippen LogP contribution in [0.25, 0.3) is 0 Å². The first-order valence-corrected chi connectivity index (χ1v) is 13.7. The fourth-order valence-electron chi connectivity index (χ4n) is 4.41. The van der Waals surface area contributed by atoms with Crippen molar-refractivity contribution in [2.24, 2.45) is 0 Å².